The Kier molecular flexibility index (Phi) is 6.09. The van der Waals surface area contributed by atoms with Crippen molar-refractivity contribution in [1.82, 2.24) is 9.62 Å². The van der Waals surface area contributed by atoms with E-state index in [1.54, 1.807) is 30.3 Å². The van der Waals surface area contributed by atoms with Crippen molar-refractivity contribution < 1.29 is 27.1 Å². The first-order valence-corrected chi connectivity index (χ1v) is 12.8. The molecule has 5 rings (SSSR count). The van der Waals surface area contributed by atoms with Gasteiger partial charge in [0.05, 0.1) is 12.3 Å². The maximum atomic E-state index is 15.6. The average Bonchev–Trinajstić information content (AvgIpc) is 2.68. The molecule has 1 saturated carbocycles. The second kappa shape index (κ2) is 8.45. The van der Waals surface area contributed by atoms with Crippen molar-refractivity contribution in [2.75, 3.05) is 6.26 Å². The number of fused-ring (bicyclic) bond motifs is 2. The Labute approximate surface area is 192 Å². The second-order valence-electron chi connectivity index (χ2n) is 9.64. The molecule has 2 bridgehead atoms. The maximum absolute atomic E-state index is 15.6. The highest BCUT2D eigenvalue weighted by Crippen LogP contribution is 2.45. The van der Waals surface area contributed by atoms with Crippen molar-refractivity contribution in [3.63, 3.8) is 0 Å². The van der Waals surface area contributed by atoms with Crippen LogP contribution < -0.4 is 4.72 Å². The summed E-state index contributed by atoms with van der Waals surface area (Å²) in [5, 5.41) is 10.4. The smallest absolute Gasteiger partial charge is 0.254 e. The quantitative estimate of drug-likeness (QED) is 0.669. The molecule has 9 heteroatoms. The van der Waals surface area contributed by atoms with Crippen LogP contribution in [0.5, 0.6) is 0 Å². The number of benzene rings is 2. The third kappa shape index (κ3) is 4.81. The van der Waals surface area contributed by atoms with Gasteiger partial charge in [0, 0.05) is 17.6 Å². The fraction of sp³-hybridized carbons (Fsp3) is 0.458. The molecule has 0 unspecified atom stereocenters. The van der Waals surface area contributed by atoms with Crippen LogP contribution in [0.4, 0.5) is 8.78 Å². The molecule has 2 saturated heterocycles. The minimum absolute atomic E-state index is 0.0224. The zero-order valence-electron chi connectivity index (χ0n) is 18.8. The molecule has 178 valence electrons. The highest BCUT2D eigenvalue weighted by Gasteiger charge is 2.54. The summed E-state index contributed by atoms with van der Waals surface area (Å²) in [6.45, 7) is 2.73. The van der Waals surface area contributed by atoms with Crippen LogP contribution in [0.15, 0.2) is 42.5 Å². The van der Waals surface area contributed by atoms with Gasteiger partial charge in [0.25, 0.3) is 5.91 Å². The average molecular weight is 479 g/mol. The van der Waals surface area contributed by atoms with E-state index in [4.69, 9.17) is 0 Å². The number of carbonyl (C=O) groups excluding carboxylic acids is 1. The zero-order valence-corrected chi connectivity index (χ0v) is 19.6. The summed E-state index contributed by atoms with van der Waals surface area (Å²) in [6, 6.07) is 9.18. The molecular weight excluding hydrogens is 450 g/mol. The van der Waals surface area contributed by atoms with Crippen molar-refractivity contribution in [1.29, 1.82) is 0 Å². The lowest BCUT2D eigenvalue weighted by molar-refractivity contribution is -0.166. The van der Waals surface area contributed by atoms with Crippen molar-refractivity contribution in [3.05, 3.63) is 59.7 Å². The van der Waals surface area contributed by atoms with Gasteiger partial charge in [-0.15, -0.1) is 0 Å². The van der Waals surface area contributed by atoms with Crippen LogP contribution >= 0.6 is 0 Å². The van der Waals surface area contributed by atoms with Crippen LogP contribution in [0, 0.1) is 17.6 Å². The number of nitrogens with zero attached hydrogens (tertiary/aromatic N) is 1. The Morgan fingerprint density at radius 1 is 1.18 bits per heavy atom. The summed E-state index contributed by atoms with van der Waals surface area (Å²) < 4.78 is 56.9. The first-order valence-electron chi connectivity index (χ1n) is 10.9. The molecular formula is C24H28F2N2O4S. The van der Waals surface area contributed by atoms with E-state index < -0.39 is 45.2 Å². The van der Waals surface area contributed by atoms with Gasteiger partial charge in [-0.2, -0.15) is 0 Å². The summed E-state index contributed by atoms with van der Waals surface area (Å²) in [5.41, 5.74) is -1.03. The van der Waals surface area contributed by atoms with Gasteiger partial charge in [0.2, 0.25) is 10.0 Å². The number of hydrogen-bond donors (Lipinski definition) is 2. The molecule has 2 aliphatic heterocycles. The van der Waals surface area contributed by atoms with E-state index >= 15 is 4.39 Å². The molecule has 33 heavy (non-hydrogen) atoms. The largest absolute Gasteiger partial charge is 0.381 e. The topological polar surface area (TPSA) is 86.7 Å². The van der Waals surface area contributed by atoms with Crippen LogP contribution in [-0.2, 0) is 21.2 Å². The Balaban J connectivity index is 1.77. The molecule has 0 aromatic heterocycles. The SMILES string of the molecule is CC(C)(O)C(=O)N1C2CC(C2)[C@@H](NS(C)(=O)=O)[C@H]1Cc1cc(F)cc(-c2ccccc2)c1F. The van der Waals surface area contributed by atoms with Gasteiger partial charge in [0.1, 0.15) is 17.2 Å². The second-order valence-corrected chi connectivity index (χ2v) is 11.4. The maximum Gasteiger partial charge on any atom is 0.254 e. The van der Waals surface area contributed by atoms with Gasteiger partial charge >= 0.3 is 0 Å². The molecule has 1 aliphatic carbocycles. The van der Waals surface area contributed by atoms with E-state index in [2.05, 4.69) is 4.72 Å². The summed E-state index contributed by atoms with van der Waals surface area (Å²) in [6.07, 6.45) is 2.12. The van der Waals surface area contributed by atoms with Crippen LogP contribution in [0.25, 0.3) is 11.1 Å². The Bertz CT molecular complexity index is 1160. The fourth-order valence-electron chi connectivity index (χ4n) is 5.04. The number of sulfonamides is 1. The normalized spacial score (nSPS) is 25.0. The molecule has 2 aromatic rings. The highest BCUT2D eigenvalue weighted by atomic mass is 32.2. The summed E-state index contributed by atoms with van der Waals surface area (Å²) in [4.78, 5) is 14.6. The fourth-order valence-corrected chi connectivity index (χ4v) is 5.88. The Morgan fingerprint density at radius 2 is 1.82 bits per heavy atom. The minimum atomic E-state index is -3.63. The van der Waals surface area contributed by atoms with Crippen molar-refractivity contribution in [2.45, 2.75) is 56.8 Å². The summed E-state index contributed by atoms with van der Waals surface area (Å²) in [7, 11) is -3.63. The number of piperidine rings is 2. The number of hydrogen-bond acceptors (Lipinski definition) is 4. The monoisotopic (exact) mass is 478 g/mol. The van der Waals surface area contributed by atoms with Gasteiger partial charge < -0.3 is 10.0 Å². The molecule has 0 radical (unpaired) electrons. The van der Waals surface area contributed by atoms with Crippen LogP contribution in [-0.4, -0.2) is 54.3 Å². The van der Waals surface area contributed by atoms with Gasteiger partial charge in [-0.25, -0.2) is 21.9 Å². The third-order valence-corrected chi connectivity index (χ3v) is 7.26. The summed E-state index contributed by atoms with van der Waals surface area (Å²) >= 11 is 0. The summed E-state index contributed by atoms with van der Waals surface area (Å²) in [5.74, 6) is -1.82. The highest BCUT2D eigenvalue weighted by molar-refractivity contribution is 7.88. The molecule has 3 fully saturated rings. The van der Waals surface area contributed by atoms with E-state index in [9.17, 15) is 22.7 Å². The number of rotatable bonds is 6. The molecule has 2 aromatic carbocycles. The molecule has 2 atom stereocenters. The molecule has 0 spiro atoms. The molecule has 1 amide bonds. The number of halogens is 2. The lowest BCUT2D eigenvalue weighted by atomic mass is 9.66. The van der Waals surface area contributed by atoms with Gasteiger partial charge in [-0.05, 0) is 62.3 Å². The van der Waals surface area contributed by atoms with Gasteiger partial charge in [-0.1, -0.05) is 30.3 Å². The van der Waals surface area contributed by atoms with E-state index in [-0.39, 0.29) is 29.5 Å². The van der Waals surface area contributed by atoms with Gasteiger partial charge in [-0.3, -0.25) is 4.79 Å². The van der Waals surface area contributed by atoms with Crippen molar-refractivity contribution in [2.24, 2.45) is 5.92 Å². The predicted octanol–water partition coefficient (Wildman–Crippen LogP) is 2.85. The van der Waals surface area contributed by atoms with Crippen molar-refractivity contribution in [3.8, 4) is 11.1 Å². The van der Waals surface area contributed by atoms with E-state index in [1.807, 2.05) is 0 Å². The van der Waals surface area contributed by atoms with E-state index in [0.29, 0.717) is 18.4 Å². The number of nitrogens with one attached hydrogen (secondary N) is 1. The van der Waals surface area contributed by atoms with Crippen molar-refractivity contribution >= 4 is 15.9 Å². The standard InChI is InChI=1S/C24H28F2N2O4S/c1-24(2,30)23(29)28-18-10-16(11-18)22(27-33(3,31)32)20(28)12-15-9-17(25)13-19(21(15)26)14-7-5-4-6-8-14/h4-9,13,16,18,20,22,27,30H,10-12H2,1-3H3/t16?,18?,20-,22-/m1/s1. The Hall–Kier alpha value is -2.36. The first-order chi connectivity index (χ1) is 15.3. The molecule has 3 aliphatic rings. The van der Waals surface area contributed by atoms with Gasteiger partial charge in [0.15, 0.2) is 0 Å². The first kappa shape index (κ1) is 23.8. The van der Waals surface area contributed by atoms with Crippen LogP contribution in [0.1, 0.15) is 32.3 Å². The van der Waals surface area contributed by atoms with Crippen LogP contribution in [0.2, 0.25) is 0 Å². The zero-order chi connectivity index (χ0) is 24.1. The minimum Gasteiger partial charge on any atom is -0.381 e. The number of amides is 1. The third-order valence-electron chi connectivity index (χ3n) is 6.56. The Morgan fingerprint density at radius 3 is 2.39 bits per heavy atom. The lowest BCUT2D eigenvalue weighted by Crippen LogP contribution is -2.72. The number of carbonyl (C=O) groups is 1. The number of aliphatic hydroxyl groups is 1. The van der Waals surface area contributed by atoms with Crippen LogP contribution in [0.3, 0.4) is 0 Å². The predicted molar refractivity (Wildman–Crippen MR) is 121 cm³/mol. The molecule has 2 N–H and O–H groups in total. The van der Waals surface area contributed by atoms with E-state index in [0.717, 1.165) is 18.4 Å². The van der Waals surface area contributed by atoms with E-state index in [1.165, 1.54) is 18.7 Å². The molecule has 2 heterocycles. The molecule has 6 nitrogen and oxygen atoms in total. The lowest BCUT2D eigenvalue weighted by Gasteiger charge is -2.58.